The van der Waals surface area contributed by atoms with Crippen molar-refractivity contribution in [3.05, 3.63) is 11.6 Å². The zero-order chi connectivity index (χ0) is 19.9. The molecule has 0 aliphatic rings. The average Bonchev–Trinajstić information content (AvgIpc) is 2.52. The minimum atomic E-state index is -0.882. The monoisotopic (exact) mass is 408 g/mol. The van der Waals surface area contributed by atoms with E-state index >= 15 is 0 Å². The molecule has 27 heavy (non-hydrogen) atoms. The van der Waals surface area contributed by atoms with Gasteiger partial charge >= 0.3 is 63.4 Å². The molecular weight excluding hydrogens is 367 g/mol. The summed E-state index contributed by atoms with van der Waals surface area (Å²) in [6.07, 6.45) is 12.5. The molecule has 6 heteroatoms. The third kappa shape index (κ3) is 20.7. The number of hydrogen-bond acceptors (Lipinski definition) is 3. The van der Waals surface area contributed by atoms with Gasteiger partial charge in [-0.15, -0.1) is 0 Å². The molecule has 0 rings (SSSR count). The maximum atomic E-state index is 11.4. The molecule has 0 aliphatic heterocycles. The number of primary amides is 1. The van der Waals surface area contributed by atoms with Crippen molar-refractivity contribution >= 4 is 12.0 Å². The first-order valence-corrected chi connectivity index (χ1v) is 10.1. The van der Waals surface area contributed by atoms with E-state index in [-0.39, 0.29) is 52.8 Å². The van der Waals surface area contributed by atoms with Crippen molar-refractivity contribution in [3.8, 4) is 0 Å². The summed E-state index contributed by atoms with van der Waals surface area (Å²) in [6.45, 7) is 11.2. The molecule has 154 valence electrons. The van der Waals surface area contributed by atoms with E-state index in [9.17, 15) is 9.59 Å². The average molecular weight is 409 g/mol. The maximum absolute atomic E-state index is 11.4. The number of hydroxylamine groups is 1. The summed E-state index contributed by atoms with van der Waals surface area (Å²) in [5.74, 6) is 1.78. The van der Waals surface area contributed by atoms with Gasteiger partial charge in [0.15, 0.2) is 0 Å². The number of carbonyl (C=O) groups excluding carboxylic acids is 2. The summed E-state index contributed by atoms with van der Waals surface area (Å²) < 4.78 is 0. The molecule has 0 aromatic rings. The van der Waals surface area contributed by atoms with Gasteiger partial charge in [-0.3, -0.25) is 0 Å². The van der Waals surface area contributed by atoms with Gasteiger partial charge in [0, 0.05) is 6.08 Å². The van der Waals surface area contributed by atoms with E-state index < -0.39 is 12.0 Å². The molecule has 0 bridgehead atoms. The zero-order valence-corrected chi connectivity index (χ0v) is 21.6. The predicted octanol–water partition coefficient (Wildman–Crippen LogP) is 2.61. The van der Waals surface area contributed by atoms with E-state index in [4.69, 9.17) is 5.73 Å². The van der Waals surface area contributed by atoms with Crippen LogP contribution in [0.15, 0.2) is 11.6 Å². The van der Waals surface area contributed by atoms with E-state index in [0.717, 1.165) is 30.3 Å². The van der Waals surface area contributed by atoms with Crippen molar-refractivity contribution < 1.29 is 67.2 Å². The van der Waals surface area contributed by atoms with Gasteiger partial charge in [0.05, 0.1) is 0 Å². The Morgan fingerprint density at radius 2 is 1.44 bits per heavy atom. The van der Waals surface area contributed by atoms with Crippen LogP contribution in [-0.2, 0) is 9.63 Å². The summed E-state index contributed by atoms with van der Waals surface area (Å²) in [6, 6.07) is -0.882. The van der Waals surface area contributed by atoms with Crippen LogP contribution >= 0.6 is 0 Å². The molecule has 0 saturated carbocycles. The number of urea groups is 1. The first-order valence-electron chi connectivity index (χ1n) is 10.1. The van der Waals surface area contributed by atoms with Crippen LogP contribution in [0.25, 0.3) is 0 Å². The number of amides is 2. The number of nitrogens with two attached hydrogens (primary N) is 1. The van der Waals surface area contributed by atoms with E-state index in [2.05, 4.69) is 32.5 Å². The quantitative estimate of drug-likeness (QED) is 0.279. The van der Waals surface area contributed by atoms with Gasteiger partial charge in [-0.25, -0.2) is 9.59 Å². The standard InChI is InChI=1S/C21H40N2O3.K.H/c1-16(2)9-6-10-17(3)11-7-12-18(4)13-8-14-19(5)15-20(24)26-23-21(22)25;;/h15-18H,6-14H2,1-5H3,(H3,22,23,25);;/q;+1;-1/b19-15+;;/t17-,18-;;/m1../s1. The SMILES string of the molecule is C/C(=C\C(=O)ONC(N)=O)CCC[C@H](C)CCC[C@H](C)CCCC(C)C.[H-].[K+]. The van der Waals surface area contributed by atoms with E-state index in [1.165, 1.54) is 51.0 Å². The Bertz CT molecular complexity index is 445. The van der Waals surface area contributed by atoms with E-state index in [0.29, 0.717) is 5.92 Å². The Hall–Kier alpha value is 0.116. The second-order valence-electron chi connectivity index (χ2n) is 8.24. The number of allylic oxidation sites excluding steroid dienone is 1. The van der Waals surface area contributed by atoms with Gasteiger partial charge in [-0.05, 0) is 37.5 Å². The largest absolute Gasteiger partial charge is 1.00 e. The second-order valence-corrected chi connectivity index (χ2v) is 8.24. The minimum absolute atomic E-state index is 0. The van der Waals surface area contributed by atoms with Crippen molar-refractivity contribution in [2.45, 2.75) is 92.4 Å². The van der Waals surface area contributed by atoms with Crippen LogP contribution in [0.1, 0.15) is 93.8 Å². The van der Waals surface area contributed by atoms with E-state index in [1.54, 1.807) is 0 Å². The number of nitrogens with one attached hydrogen (secondary N) is 1. The van der Waals surface area contributed by atoms with Crippen LogP contribution < -0.4 is 62.6 Å². The van der Waals surface area contributed by atoms with Gasteiger partial charge in [-0.2, -0.15) is 5.48 Å². The first kappa shape index (κ1) is 29.3. The number of rotatable bonds is 13. The zero-order valence-electron chi connectivity index (χ0n) is 19.5. The Labute approximate surface area is 210 Å². The second kappa shape index (κ2) is 18.2. The van der Waals surface area contributed by atoms with Gasteiger partial charge in [0.25, 0.3) is 0 Å². The molecule has 0 radical (unpaired) electrons. The first-order chi connectivity index (χ1) is 12.2. The number of carbonyl (C=O) groups is 2. The van der Waals surface area contributed by atoms with Gasteiger partial charge in [-0.1, -0.05) is 78.2 Å². The molecule has 0 aliphatic carbocycles. The smallest absolute Gasteiger partial charge is 1.00 e. The van der Waals surface area contributed by atoms with Gasteiger partial charge in [0.2, 0.25) is 0 Å². The Balaban J connectivity index is -0.00000312. The Kier molecular flexibility index (Phi) is 19.7. The van der Waals surface area contributed by atoms with Crippen LogP contribution in [0.4, 0.5) is 4.79 Å². The fourth-order valence-electron chi connectivity index (χ4n) is 3.11. The van der Waals surface area contributed by atoms with Crippen molar-refractivity contribution in [1.82, 2.24) is 5.48 Å². The van der Waals surface area contributed by atoms with Crippen LogP contribution in [0.3, 0.4) is 0 Å². The van der Waals surface area contributed by atoms with E-state index in [1.807, 2.05) is 12.4 Å². The van der Waals surface area contributed by atoms with Crippen LogP contribution in [0.2, 0.25) is 0 Å². The normalized spacial score (nSPS) is 13.6. The van der Waals surface area contributed by atoms with Crippen LogP contribution in [-0.4, -0.2) is 12.0 Å². The summed E-state index contributed by atoms with van der Waals surface area (Å²) in [5, 5.41) is 0. The van der Waals surface area contributed by atoms with Crippen molar-refractivity contribution in [2.75, 3.05) is 0 Å². The van der Waals surface area contributed by atoms with Gasteiger partial charge in [0.1, 0.15) is 0 Å². The van der Waals surface area contributed by atoms with Crippen molar-refractivity contribution in [2.24, 2.45) is 23.5 Å². The molecular formula is C21H41KN2O3. The molecule has 0 heterocycles. The summed E-state index contributed by atoms with van der Waals surface area (Å²) in [5.41, 5.74) is 7.60. The predicted molar refractivity (Wildman–Crippen MR) is 108 cm³/mol. The van der Waals surface area contributed by atoms with Crippen LogP contribution in [0, 0.1) is 17.8 Å². The molecule has 5 nitrogen and oxygen atoms in total. The van der Waals surface area contributed by atoms with Crippen LogP contribution in [0.5, 0.6) is 0 Å². The molecule has 2 atom stereocenters. The molecule has 0 aromatic carbocycles. The molecule has 0 saturated heterocycles. The third-order valence-corrected chi connectivity index (χ3v) is 4.76. The molecule has 0 spiro atoms. The molecule has 0 fully saturated rings. The summed E-state index contributed by atoms with van der Waals surface area (Å²) in [4.78, 5) is 26.3. The Morgan fingerprint density at radius 3 is 1.93 bits per heavy atom. The third-order valence-electron chi connectivity index (χ3n) is 4.76. The molecule has 0 aromatic heterocycles. The van der Waals surface area contributed by atoms with Gasteiger partial charge < -0.3 is 12.0 Å². The molecule has 3 N–H and O–H groups in total. The van der Waals surface area contributed by atoms with Crippen molar-refractivity contribution in [1.29, 1.82) is 0 Å². The fraction of sp³-hybridized carbons (Fsp3) is 0.810. The molecule has 0 unspecified atom stereocenters. The summed E-state index contributed by atoms with van der Waals surface area (Å²) in [7, 11) is 0. The molecule has 2 amide bonds. The van der Waals surface area contributed by atoms with Crippen molar-refractivity contribution in [3.63, 3.8) is 0 Å². The fourth-order valence-corrected chi connectivity index (χ4v) is 3.11. The topological polar surface area (TPSA) is 81.4 Å². The number of hydrogen-bond donors (Lipinski definition) is 2. The summed E-state index contributed by atoms with van der Waals surface area (Å²) >= 11 is 0. The minimum Gasteiger partial charge on any atom is -1.00 e. The Morgan fingerprint density at radius 1 is 0.963 bits per heavy atom. The maximum Gasteiger partial charge on any atom is 1.00 e.